The van der Waals surface area contributed by atoms with Crippen molar-refractivity contribution in [1.82, 2.24) is 19.5 Å². The Labute approximate surface area is 238 Å². The quantitative estimate of drug-likeness (QED) is 0.124. The summed E-state index contributed by atoms with van der Waals surface area (Å²) in [5.74, 6) is 0.671. The van der Waals surface area contributed by atoms with Gasteiger partial charge in [0.25, 0.3) is 15.9 Å². The molecule has 1 N–H and O–H groups in total. The van der Waals surface area contributed by atoms with E-state index >= 15 is 0 Å². The molecular formula is C23H31Cl2N5O5S2Si. The van der Waals surface area contributed by atoms with Crippen LogP contribution in [0, 0.1) is 0 Å². The van der Waals surface area contributed by atoms with Crippen LogP contribution >= 0.6 is 35.0 Å². The normalized spacial score (nSPS) is 12.9. The second-order valence-corrected chi connectivity index (χ2v) is 18.8. The molecule has 1 unspecified atom stereocenters. The van der Waals surface area contributed by atoms with Crippen LogP contribution in [0.2, 0.25) is 35.7 Å². The summed E-state index contributed by atoms with van der Waals surface area (Å²) in [6.07, 6.45) is 3.92. The number of hydrogen-bond acceptors (Lipinski definition) is 9. The molecule has 0 bridgehead atoms. The minimum atomic E-state index is -4.27. The van der Waals surface area contributed by atoms with Crippen LogP contribution in [0.15, 0.2) is 46.7 Å². The van der Waals surface area contributed by atoms with E-state index in [9.17, 15) is 13.5 Å². The summed E-state index contributed by atoms with van der Waals surface area (Å²) in [6.45, 7) is 6.65. The van der Waals surface area contributed by atoms with Gasteiger partial charge in [0.1, 0.15) is 28.6 Å². The lowest BCUT2D eigenvalue weighted by Gasteiger charge is -2.25. The molecule has 10 nitrogen and oxygen atoms in total. The maximum absolute atomic E-state index is 13.8. The Kier molecular flexibility index (Phi) is 10.5. The highest BCUT2D eigenvalue weighted by molar-refractivity contribution is 7.99. The van der Waals surface area contributed by atoms with Crippen molar-refractivity contribution in [3.05, 3.63) is 52.7 Å². The maximum Gasteiger partial charge on any atom is 0.269 e. The lowest BCUT2D eigenvalue weighted by molar-refractivity contribution is 0.155. The minimum Gasteiger partial charge on any atom is -0.478 e. The van der Waals surface area contributed by atoms with Crippen LogP contribution in [0.4, 0.5) is 5.82 Å². The first kappa shape index (κ1) is 30.7. The molecule has 0 aliphatic rings. The number of anilines is 1. The lowest BCUT2D eigenvalue weighted by atomic mass is 10.4. The molecule has 3 aromatic rings. The number of nitrogens with zero attached hydrogens (tertiary/aromatic N) is 5. The summed E-state index contributed by atoms with van der Waals surface area (Å²) in [5, 5.41) is 10.9. The van der Waals surface area contributed by atoms with Gasteiger partial charge in [0.2, 0.25) is 5.82 Å². The Bertz CT molecular complexity index is 1350. The second-order valence-electron chi connectivity index (χ2n) is 9.52. The van der Waals surface area contributed by atoms with Gasteiger partial charge in [0.05, 0.1) is 23.4 Å². The molecule has 3 rings (SSSR count). The zero-order valence-electron chi connectivity index (χ0n) is 21.8. The highest BCUT2D eigenvalue weighted by atomic mass is 35.5. The van der Waals surface area contributed by atoms with Gasteiger partial charge in [-0.1, -0.05) is 48.9 Å². The molecule has 1 atom stereocenters. The van der Waals surface area contributed by atoms with E-state index in [0.29, 0.717) is 17.5 Å². The second kappa shape index (κ2) is 13.0. The molecule has 208 valence electrons. The SMILES string of the molecule is COc1nc(SCC(O)c2nccn2C)cnc1N(COCC[Si](C)(C)C)S(=O)(=O)c1cccc(Cl)c1Cl. The average molecular weight is 621 g/mol. The van der Waals surface area contributed by atoms with Gasteiger partial charge in [-0.2, -0.15) is 0 Å². The van der Waals surface area contributed by atoms with Crippen molar-refractivity contribution in [3.63, 3.8) is 0 Å². The molecule has 0 fully saturated rings. The topological polar surface area (TPSA) is 120 Å². The first-order chi connectivity index (χ1) is 17.8. The maximum atomic E-state index is 13.8. The van der Waals surface area contributed by atoms with Crippen molar-refractivity contribution in [3.8, 4) is 5.88 Å². The van der Waals surface area contributed by atoms with E-state index in [1.165, 1.54) is 43.3 Å². The van der Waals surface area contributed by atoms with E-state index in [1.54, 1.807) is 24.0 Å². The number of hydrogen-bond donors (Lipinski definition) is 1. The summed E-state index contributed by atoms with van der Waals surface area (Å²) in [4.78, 5) is 12.8. The number of aromatic nitrogens is 4. The van der Waals surface area contributed by atoms with Crippen molar-refractivity contribution in [2.75, 3.05) is 30.5 Å². The van der Waals surface area contributed by atoms with Gasteiger partial charge in [-0.25, -0.2) is 27.7 Å². The molecule has 0 amide bonds. The Morgan fingerprint density at radius 2 is 1.97 bits per heavy atom. The fraction of sp³-hybridized carbons (Fsp3) is 0.435. The third-order valence-electron chi connectivity index (χ3n) is 5.36. The van der Waals surface area contributed by atoms with Gasteiger partial charge in [0, 0.05) is 39.9 Å². The highest BCUT2D eigenvalue weighted by Gasteiger charge is 2.32. The molecule has 0 saturated heterocycles. The van der Waals surface area contributed by atoms with Crippen LogP contribution in [-0.4, -0.2) is 67.3 Å². The van der Waals surface area contributed by atoms with Gasteiger partial charge < -0.3 is 19.1 Å². The monoisotopic (exact) mass is 619 g/mol. The van der Waals surface area contributed by atoms with Crippen molar-refractivity contribution in [1.29, 1.82) is 0 Å². The van der Waals surface area contributed by atoms with Gasteiger partial charge in [-0.05, 0) is 18.2 Å². The first-order valence-electron chi connectivity index (χ1n) is 11.6. The molecular weight excluding hydrogens is 589 g/mol. The number of thioether (sulfide) groups is 1. The highest BCUT2D eigenvalue weighted by Crippen LogP contribution is 2.36. The fourth-order valence-electron chi connectivity index (χ4n) is 3.24. The molecule has 38 heavy (non-hydrogen) atoms. The minimum absolute atomic E-state index is 0.0306. The Morgan fingerprint density at radius 3 is 2.61 bits per heavy atom. The number of rotatable bonds is 13. The number of imidazole rings is 1. The van der Waals surface area contributed by atoms with Crippen LogP contribution in [0.5, 0.6) is 5.88 Å². The molecule has 2 heterocycles. The Balaban J connectivity index is 1.91. The first-order valence-corrected chi connectivity index (χ1v) is 18.5. The predicted molar refractivity (Wildman–Crippen MR) is 153 cm³/mol. The molecule has 0 saturated carbocycles. The molecule has 0 spiro atoms. The van der Waals surface area contributed by atoms with Crippen LogP contribution in [0.3, 0.4) is 0 Å². The number of halogens is 2. The molecule has 0 aliphatic heterocycles. The van der Waals surface area contributed by atoms with Gasteiger partial charge in [0.15, 0.2) is 0 Å². The molecule has 0 radical (unpaired) electrons. The standard InChI is InChI=1S/C23H31Cl2N5O5S2Si/c1-29-10-9-26-21(29)17(31)14-36-19-13-27-22(23(28-19)34-2)30(15-35-11-12-38(3,4)5)37(32,33)18-8-6-7-16(24)20(18)25/h6-10,13,17,31H,11-12,14-15H2,1-5H3. The molecule has 1 aromatic carbocycles. The largest absolute Gasteiger partial charge is 0.478 e. The van der Waals surface area contributed by atoms with Gasteiger partial charge in [-0.15, -0.1) is 11.8 Å². The van der Waals surface area contributed by atoms with Crippen LogP contribution in [0.1, 0.15) is 11.9 Å². The number of aliphatic hydroxyl groups excluding tert-OH is 1. The summed E-state index contributed by atoms with van der Waals surface area (Å²) < 4.78 is 41.5. The fourth-order valence-corrected chi connectivity index (χ4v) is 6.79. The van der Waals surface area contributed by atoms with E-state index in [0.717, 1.165) is 10.3 Å². The third-order valence-corrected chi connectivity index (χ3v) is 10.7. The smallest absolute Gasteiger partial charge is 0.269 e. The van der Waals surface area contributed by atoms with E-state index in [4.69, 9.17) is 32.7 Å². The number of benzene rings is 1. The van der Waals surface area contributed by atoms with Gasteiger partial charge in [-0.3, -0.25) is 0 Å². The van der Waals surface area contributed by atoms with Gasteiger partial charge >= 0.3 is 0 Å². The number of aliphatic hydroxyl groups is 1. The third kappa shape index (κ3) is 7.62. The number of methoxy groups -OCH3 is 1. The van der Waals surface area contributed by atoms with Crippen molar-refractivity contribution < 1.29 is 23.0 Å². The molecule has 15 heteroatoms. The van der Waals surface area contributed by atoms with E-state index in [-0.39, 0.29) is 39.1 Å². The summed E-state index contributed by atoms with van der Waals surface area (Å²) in [6, 6.07) is 5.21. The van der Waals surface area contributed by atoms with E-state index < -0.39 is 24.2 Å². The van der Waals surface area contributed by atoms with E-state index in [1.807, 2.05) is 0 Å². The zero-order valence-corrected chi connectivity index (χ0v) is 25.9. The number of ether oxygens (including phenoxy) is 2. The zero-order chi connectivity index (χ0) is 28.1. The Hall–Kier alpha value is -1.87. The number of sulfonamides is 1. The molecule has 2 aromatic heterocycles. The predicted octanol–water partition coefficient (Wildman–Crippen LogP) is 4.86. The van der Waals surface area contributed by atoms with Crippen LogP contribution in [-0.2, 0) is 21.8 Å². The molecule has 0 aliphatic carbocycles. The summed E-state index contributed by atoms with van der Waals surface area (Å²) >= 11 is 13.6. The number of aryl methyl sites for hydroxylation is 1. The van der Waals surface area contributed by atoms with Crippen LogP contribution < -0.4 is 9.04 Å². The lowest BCUT2D eigenvalue weighted by Crippen LogP contribution is -2.35. The average Bonchev–Trinajstić information content (AvgIpc) is 3.29. The van der Waals surface area contributed by atoms with Crippen LogP contribution in [0.25, 0.3) is 0 Å². The summed E-state index contributed by atoms with van der Waals surface area (Å²) in [5.41, 5.74) is 0. The van der Waals surface area contributed by atoms with Crippen molar-refractivity contribution in [2.24, 2.45) is 7.05 Å². The van der Waals surface area contributed by atoms with E-state index in [2.05, 4.69) is 34.6 Å². The Morgan fingerprint density at radius 1 is 1.24 bits per heavy atom. The van der Waals surface area contributed by atoms with Crippen molar-refractivity contribution >= 4 is 58.9 Å². The summed E-state index contributed by atoms with van der Waals surface area (Å²) in [7, 11) is -2.52. The van der Waals surface area contributed by atoms with Crippen molar-refractivity contribution in [2.45, 2.75) is 41.7 Å².